The molecule has 22 heavy (non-hydrogen) atoms. The summed E-state index contributed by atoms with van der Waals surface area (Å²) in [5, 5.41) is 13.9. The van der Waals surface area contributed by atoms with Gasteiger partial charge in [0.15, 0.2) is 5.69 Å². The number of carbonyl (C=O) groups is 1. The Morgan fingerprint density at radius 3 is 2.82 bits per heavy atom. The summed E-state index contributed by atoms with van der Waals surface area (Å²) in [6.07, 6.45) is 5.49. The molecule has 0 fully saturated rings. The van der Waals surface area contributed by atoms with Gasteiger partial charge in [0.2, 0.25) is 0 Å². The molecule has 6 nitrogen and oxygen atoms in total. The Labute approximate surface area is 128 Å². The van der Waals surface area contributed by atoms with Gasteiger partial charge in [-0.2, -0.15) is 10.2 Å². The average Bonchev–Trinajstić information content (AvgIpc) is 3.20. The van der Waals surface area contributed by atoms with Crippen molar-refractivity contribution in [2.45, 2.75) is 19.8 Å². The van der Waals surface area contributed by atoms with E-state index < -0.39 is 0 Å². The number of aromatic amines is 1. The molecule has 112 valence electrons. The first kappa shape index (κ1) is 14.1. The van der Waals surface area contributed by atoms with Crippen molar-refractivity contribution in [3.63, 3.8) is 0 Å². The summed E-state index contributed by atoms with van der Waals surface area (Å²) in [6.45, 7) is 2.09. The molecular weight excluding hydrogens is 278 g/mol. The van der Waals surface area contributed by atoms with Gasteiger partial charge in [0.1, 0.15) is 0 Å². The molecule has 0 aliphatic carbocycles. The van der Waals surface area contributed by atoms with Crippen LogP contribution in [0.3, 0.4) is 0 Å². The Balaban J connectivity index is 1.68. The number of anilines is 1. The first-order valence-electron chi connectivity index (χ1n) is 7.22. The zero-order valence-electron chi connectivity index (χ0n) is 12.3. The van der Waals surface area contributed by atoms with Gasteiger partial charge in [0, 0.05) is 23.8 Å². The SMILES string of the molecule is CCCc1cc(C(=O)Nc2ccc(-n3cccn3)cc2)n[nH]1. The third kappa shape index (κ3) is 3.06. The van der Waals surface area contributed by atoms with Crippen molar-refractivity contribution >= 4 is 11.6 Å². The van der Waals surface area contributed by atoms with Crippen LogP contribution in [-0.2, 0) is 6.42 Å². The summed E-state index contributed by atoms with van der Waals surface area (Å²) in [7, 11) is 0. The predicted octanol–water partition coefficient (Wildman–Crippen LogP) is 2.80. The lowest BCUT2D eigenvalue weighted by Gasteiger charge is -2.05. The highest BCUT2D eigenvalue weighted by atomic mass is 16.1. The Morgan fingerprint density at radius 1 is 1.32 bits per heavy atom. The minimum absolute atomic E-state index is 0.217. The van der Waals surface area contributed by atoms with Crippen molar-refractivity contribution in [1.29, 1.82) is 0 Å². The lowest BCUT2D eigenvalue weighted by molar-refractivity contribution is 0.102. The summed E-state index contributed by atoms with van der Waals surface area (Å²) in [5.74, 6) is -0.217. The van der Waals surface area contributed by atoms with E-state index in [1.54, 1.807) is 16.9 Å². The molecule has 0 unspecified atom stereocenters. The largest absolute Gasteiger partial charge is 0.321 e. The molecule has 0 bridgehead atoms. The van der Waals surface area contributed by atoms with Gasteiger partial charge in [0.05, 0.1) is 5.69 Å². The van der Waals surface area contributed by atoms with Crippen molar-refractivity contribution < 1.29 is 4.79 Å². The Bertz CT molecular complexity index is 743. The predicted molar refractivity (Wildman–Crippen MR) is 84.1 cm³/mol. The highest BCUT2D eigenvalue weighted by Crippen LogP contribution is 2.13. The highest BCUT2D eigenvalue weighted by molar-refractivity contribution is 6.02. The molecule has 0 aliphatic heterocycles. The molecule has 2 N–H and O–H groups in total. The lowest BCUT2D eigenvalue weighted by Crippen LogP contribution is -2.12. The number of nitrogens with zero attached hydrogens (tertiary/aromatic N) is 3. The van der Waals surface area contributed by atoms with Gasteiger partial charge in [-0.1, -0.05) is 13.3 Å². The molecule has 0 aliphatic rings. The van der Waals surface area contributed by atoms with Gasteiger partial charge in [-0.05, 0) is 42.8 Å². The Hall–Kier alpha value is -2.89. The number of hydrogen-bond donors (Lipinski definition) is 2. The maximum atomic E-state index is 12.1. The summed E-state index contributed by atoms with van der Waals surface area (Å²) >= 11 is 0. The van der Waals surface area contributed by atoms with Crippen LogP contribution >= 0.6 is 0 Å². The second-order valence-corrected chi connectivity index (χ2v) is 4.98. The van der Waals surface area contributed by atoms with E-state index in [0.29, 0.717) is 5.69 Å². The molecule has 0 saturated carbocycles. The first-order valence-corrected chi connectivity index (χ1v) is 7.22. The minimum Gasteiger partial charge on any atom is -0.321 e. The molecule has 1 aromatic carbocycles. The molecule has 1 amide bonds. The second-order valence-electron chi connectivity index (χ2n) is 4.98. The van der Waals surface area contributed by atoms with Crippen LogP contribution in [0, 0.1) is 0 Å². The smallest absolute Gasteiger partial charge is 0.276 e. The van der Waals surface area contributed by atoms with Crippen LogP contribution in [0.15, 0.2) is 48.8 Å². The number of benzene rings is 1. The third-order valence-electron chi connectivity index (χ3n) is 3.28. The molecule has 3 aromatic rings. The molecule has 0 radical (unpaired) electrons. The zero-order chi connectivity index (χ0) is 15.4. The fourth-order valence-corrected chi connectivity index (χ4v) is 2.19. The van der Waals surface area contributed by atoms with Crippen LogP contribution in [0.5, 0.6) is 0 Å². The summed E-state index contributed by atoms with van der Waals surface area (Å²) in [6, 6.07) is 11.1. The van der Waals surface area contributed by atoms with Crippen LogP contribution in [0.25, 0.3) is 5.69 Å². The van der Waals surface area contributed by atoms with E-state index in [4.69, 9.17) is 0 Å². The standard InChI is InChI=1S/C16H17N5O/c1-2-4-13-11-15(20-19-13)16(22)18-12-5-7-14(8-6-12)21-10-3-9-17-21/h3,5-11H,2,4H2,1H3,(H,18,22)(H,19,20). The van der Waals surface area contributed by atoms with E-state index in [9.17, 15) is 4.79 Å². The van der Waals surface area contributed by atoms with Crippen LogP contribution in [0.2, 0.25) is 0 Å². The number of nitrogens with one attached hydrogen (secondary N) is 2. The van der Waals surface area contributed by atoms with Crippen molar-refractivity contribution in [2.75, 3.05) is 5.32 Å². The zero-order valence-corrected chi connectivity index (χ0v) is 12.3. The van der Waals surface area contributed by atoms with Crippen LogP contribution in [-0.4, -0.2) is 25.9 Å². The quantitative estimate of drug-likeness (QED) is 0.760. The fraction of sp³-hybridized carbons (Fsp3) is 0.188. The lowest BCUT2D eigenvalue weighted by atomic mass is 10.2. The third-order valence-corrected chi connectivity index (χ3v) is 3.28. The number of amides is 1. The van der Waals surface area contributed by atoms with E-state index >= 15 is 0 Å². The minimum atomic E-state index is -0.217. The van der Waals surface area contributed by atoms with Gasteiger partial charge < -0.3 is 5.32 Å². The van der Waals surface area contributed by atoms with Gasteiger partial charge in [0.25, 0.3) is 5.91 Å². The topological polar surface area (TPSA) is 75.6 Å². The normalized spacial score (nSPS) is 10.6. The van der Waals surface area contributed by atoms with Crippen molar-refractivity contribution in [1.82, 2.24) is 20.0 Å². The highest BCUT2D eigenvalue weighted by Gasteiger charge is 2.10. The fourth-order valence-electron chi connectivity index (χ4n) is 2.19. The van der Waals surface area contributed by atoms with Gasteiger partial charge in [-0.25, -0.2) is 4.68 Å². The van der Waals surface area contributed by atoms with Crippen LogP contribution in [0.4, 0.5) is 5.69 Å². The molecule has 0 saturated heterocycles. The van der Waals surface area contributed by atoms with Gasteiger partial charge in [-0.15, -0.1) is 0 Å². The number of rotatable bonds is 5. The van der Waals surface area contributed by atoms with Gasteiger partial charge >= 0.3 is 0 Å². The average molecular weight is 295 g/mol. The summed E-state index contributed by atoms with van der Waals surface area (Å²) < 4.78 is 1.76. The van der Waals surface area contributed by atoms with Crippen molar-refractivity contribution in [3.05, 3.63) is 60.2 Å². The van der Waals surface area contributed by atoms with E-state index in [1.165, 1.54) is 0 Å². The summed E-state index contributed by atoms with van der Waals surface area (Å²) in [5.41, 5.74) is 3.04. The van der Waals surface area contributed by atoms with E-state index in [-0.39, 0.29) is 5.91 Å². The Morgan fingerprint density at radius 2 is 2.14 bits per heavy atom. The molecule has 3 rings (SSSR count). The van der Waals surface area contributed by atoms with Crippen molar-refractivity contribution in [2.24, 2.45) is 0 Å². The Kier molecular flexibility index (Phi) is 4.00. The molecule has 0 atom stereocenters. The number of H-pyrrole nitrogens is 1. The molecule has 2 aromatic heterocycles. The molecule has 2 heterocycles. The molecule has 0 spiro atoms. The second kappa shape index (κ2) is 6.26. The van der Waals surface area contributed by atoms with E-state index in [0.717, 1.165) is 29.9 Å². The first-order chi connectivity index (χ1) is 10.8. The monoisotopic (exact) mass is 295 g/mol. The number of carbonyl (C=O) groups excluding carboxylic acids is 1. The number of hydrogen-bond acceptors (Lipinski definition) is 3. The van der Waals surface area contributed by atoms with E-state index in [2.05, 4.69) is 27.5 Å². The van der Waals surface area contributed by atoms with Crippen LogP contribution < -0.4 is 5.32 Å². The number of aryl methyl sites for hydroxylation is 1. The number of aromatic nitrogens is 4. The van der Waals surface area contributed by atoms with E-state index in [1.807, 2.05) is 36.5 Å². The van der Waals surface area contributed by atoms with Crippen LogP contribution in [0.1, 0.15) is 29.5 Å². The molecular formula is C16H17N5O. The summed E-state index contributed by atoms with van der Waals surface area (Å²) in [4.78, 5) is 12.1. The maximum Gasteiger partial charge on any atom is 0.276 e. The van der Waals surface area contributed by atoms with Crippen molar-refractivity contribution in [3.8, 4) is 5.69 Å². The maximum absolute atomic E-state index is 12.1. The van der Waals surface area contributed by atoms with Gasteiger partial charge in [-0.3, -0.25) is 9.89 Å². The molecule has 6 heteroatoms.